The van der Waals surface area contributed by atoms with Crippen molar-refractivity contribution in [3.63, 3.8) is 0 Å². The highest BCUT2D eigenvalue weighted by molar-refractivity contribution is 6.04. The highest BCUT2D eigenvalue weighted by atomic mass is 16.2. The van der Waals surface area contributed by atoms with Gasteiger partial charge in [0.2, 0.25) is 5.91 Å². The second-order valence-electron chi connectivity index (χ2n) is 7.22. The summed E-state index contributed by atoms with van der Waals surface area (Å²) in [5.74, 6) is 0.562. The van der Waals surface area contributed by atoms with Gasteiger partial charge in [-0.15, -0.1) is 0 Å². The maximum absolute atomic E-state index is 12.3. The molecule has 7 nitrogen and oxygen atoms in total. The highest BCUT2D eigenvalue weighted by Gasteiger charge is 2.14. The van der Waals surface area contributed by atoms with E-state index >= 15 is 0 Å². The number of piperidine rings is 1. The van der Waals surface area contributed by atoms with Crippen molar-refractivity contribution in [3.05, 3.63) is 48.2 Å². The van der Waals surface area contributed by atoms with E-state index in [1.54, 1.807) is 42.6 Å². The fourth-order valence-electron chi connectivity index (χ4n) is 3.15. The topological polar surface area (TPSA) is 77.6 Å². The Bertz CT molecular complexity index is 797. The summed E-state index contributed by atoms with van der Waals surface area (Å²) < 4.78 is 0. The number of amides is 2. The molecule has 2 amide bonds. The predicted molar refractivity (Wildman–Crippen MR) is 112 cm³/mol. The minimum absolute atomic E-state index is 0.00857. The summed E-state index contributed by atoms with van der Waals surface area (Å²) in [7, 11) is 3.80. The largest absolute Gasteiger partial charge is 0.363 e. The molecule has 28 heavy (non-hydrogen) atoms. The van der Waals surface area contributed by atoms with Crippen LogP contribution in [0.2, 0.25) is 0 Å². The van der Waals surface area contributed by atoms with E-state index in [1.807, 2.05) is 19.0 Å². The quantitative estimate of drug-likeness (QED) is 0.805. The molecule has 148 valence electrons. The van der Waals surface area contributed by atoms with Crippen LogP contribution >= 0.6 is 0 Å². The summed E-state index contributed by atoms with van der Waals surface area (Å²) in [5, 5.41) is 5.75. The lowest BCUT2D eigenvalue weighted by Crippen LogP contribution is -2.36. The summed E-state index contributed by atoms with van der Waals surface area (Å²) in [6.45, 7) is 2.40. The number of hydrogen-bond acceptors (Lipinski definition) is 5. The molecule has 1 fully saturated rings. The molecule has 0 unspecified atom stereocenters. The lowest BCUT2D eigenvalue weighted by Gasteiger charge is -2.25. The zero-order valence-electron chi connectivity index (χ0n) is 16.4. The molecule has 0 bridgehead atoms. The lowest BCUT2D eigenvalue weighted by molar-refractivity contribution is -0.117. The molecule has 0 aliphatic carbocycles. The fraction of sp³-hybridized carbons (Fsp3) is 0.381. The van der Waals surface area contributed by atoms with Crippen LogP contribution in [-0.4, -0.2) is 55.4 Å². The Morgan fingerprint density at radius 2 is 1.61 bits per heavy atom. The van der Waals surface area contributed by atoms with E-state index in [9.17, 15) is 9.59 Å². The number of aromatic nitrogens is 1. The number of anilines is 3. The Balaban J connectivity index is 1.52. The van der Waals surface area contributed by atoms with E-state index < -0.39 is 0 Å². The second kappa shape index (κ2) is 9.32. The van der Waals surface area contributed by atoms with Crippen LogP contribution in [0.1, 0.15) is 29.6 Å². The van der Waals surface area contributed by atoms with Crippen LogP contribution in [0.25, 0.3) is 0 Å². The van der Waals surface area contributed by atoms with Crippen LogP contribution < -0.4 is 15.5 Å². The Labute approximate surface area is 165 Å². The van der Waals surface area contributed by atoms with Crippen molar-refractivity contribution in [2.75, 3.05) is 49.3 Å². The molecule has 1 aromatic heterocycles. The van der Waals surface area contributed by atoms with Crippen molar-refractivity contribution >= 4 is 29.0 Å². The second-order valence-corrected chi connectivity index (χ2v) is 7.22. The zero-order chi connectivity index (χ0) is 19.9. The average Bonchev–Trinajstić information content (AvgIpc) is 2.70. The van der Waals surface area contributed by atoms with Gasteiger partial charge in [-0.3, -0.25) is 14.5 Å². The monoisotopic (exact) mass is 381 g/mol. The molecular formula is C21H27N5O2. The van der Waals surface area contributed by atoms with Crippen molar-refractivity contribution in [1.82, 2.24) is 9.88 Å². The minimum Gasteiger partial charge on any atom is -0.363 e. The molecule has 1 saturated heterocycles. The molecular weight excluding hydrogens is 354 g/mol. The average molecular weight is 381 g/mol. The first kappa shape index (κ1) is 19.8. The first-order valence-corrected chi connectivity index (χ1v) is 9.58. The van der Waals surface area contributed by atoms with Gasteiger partial charge in [0.1, 0.15) is 5.82 Å². The number of pyridine rings is 1. The lowest BCUT2D eigenvalue weighted by atomic mass is 10.1. The van der Waals surface area contributed by atoms with E-state index in [1.165, 1.54) is 6.42 Å². The molecule has 0 radical (unpaired) electrons. The number of nitrogens with one attached hydrogen (secondary N) is 2. The molecule has 7 heteroatoms. The Hall–Kier alpha value is -2.93. The standard InChI is InChI=1S/C21H27N5O2/c1-25(2)19-11-6-16(14-22-19)21(28)24-18-9-7-17(8-10-18)23-20(27)15-26-12-4-3-5-13-26/h6-11,14H,3-5,12-13,15H2,1-2H3,(H,23,27)(H,24,28). The molecule has 0 spiro atoms. The van der Waals surface area contributed by atoms with Crippen LogP contribution in [0.5, 0.6) is 0 Å². The number of likely N-dealkylation sites (tertiary alicyclic amines) is 1. The van der Waals surface area contributed by atoms with E-state index in [0.717, 1.165) is 37.4 Å². The fourth-order valence-corrected chi connectivity index (χ4v) is 3.15. The maximum Gasteiger partial charge on any atom is 0.257 e. The molecule has 2 aromatic rings. The van der Waals surface area contributed by atoms with Gasteiger partial charge in [0, 0.05) is 31.7 Å². The number of carbonyl (C=O) groups is 2. The van der Waals surface area contributed by atoms with Gasteiger partial charge in [-0.2, -0.15) is 0 Å². The third-order valence-corrected chi connectivity index (χ3v) is 4.71. The van der Waals surface area contributed by atoms with Crippen molar-refractivity contribution in [2.45, 2.75) is 19.3 Å². The number of benzene rings is 1. The molecule has 0 saturated carbocycles. The summed E-state index contributed by atoms with van der Waals surface area (Å²) in [5.41, 5.74) is 1.87. The van der Waals surface area contributed by atoms with E-state index in [2.05, 4.69) is 20.5 Å². The van der Waals surface area contributed by atoms with Crippen LogP contribution in [-0.2, 0) is 4.79 Å². The Morgan fingerprint density at radius 1 is 0.964 bits per heavy atom. The van der Waals surface area contributed by atoms with Gasteiger partial charge in [-0.25, -0.2) is 4.98 Å². The predicted octanol–water partition coefficient (Wildman–Crippen LogP) is 2.82. The van der Waals surface area contributed by atoms with Gasteiger partial charge in [-0.1, -0.05) is 6.42 Å². The van der Waals surface area contributed by atoms with Gasteiger partial charge in [0.25, 0.3) is 5.91 Å². The summed E-state index contributed by atoms with van der Waals surface area (Å²) in [6.07, 6.45) is 5.13. The molecule has 1 aliphatic heterocycles. The molecule has 2 N–H and O–H groups in total. The van der Waals surface area contributed by atoms with Crippen molar-refractivity contribution < 1.29 is 9.59 Å². The first-order chi connectivity index (χ1) is 13.5. The first-order valence-electron chi connectivity index (χ1n) is 9.58. The number of carbonyl (C=O) groups excluding carboxylic acids is 2. The van der Waals surface area contributed by atoms with Crippen molar-refractivity contribution in [3.8, 4) is 0 Å². The van der Waals surface area contributed by atoms with Gasteiger partial charge < -0.3 is 15.5 Å². The molecule has 2 heterocycles. The molecule has 3 rings (SSSR count). The Morgan fingerprint density at radius 3 is 2.18 bits per heavy atom. The normalized spacial score (nSPS) is 14.4. The molecule has 1 aromatic carbocycles. The smallest absolute Gasteiger partial charge is 0.257 e. The zero-order valence-corrected chi connectivity index (χ0v) is 16.4. The summed E-state index contributed by atoms with van der Waals surface area (Å²) in [6, 6.07) is 10.7. The van der Waals surface area contributed by atoms with Gasteiger partial charge >= 0.3 is 0 Å². The van der Waals surface area contributed by atoms with Crippen LogP contribution in [0, 0.1) is 0 Å². The number of hydrogen-bond donors (Lipinski definition) is 2. The molecule has 1 aliphatic rings. The number of nitrogens with zero attached hydrogens (tertiary/aromatic N) is 3. The summed E-state index contributed by atoms with van der Waals surface area (Å²) >= 11 is 0. The summed E-state index contributed by atoms with van der Waals surface area (Å²) in [4.78, 5) is 32.8. The third-order valence-electron chi connectivity index (χ3n) is 4.71. The van der Waals surface area contributed by atoms with Crippen LogP contribution in [0.4, 0.5) is 17.2 Å². The minimum atomic E-state index is -0.223. The maximum atomic E-state index is 12.3. The number of rotatable bonds is 6. The van der Waals surface area contributed by atoms with E-state index in [4.69, 9.17) is 0 Å². The SMILES string of the molecule is CN(C)c1ccc(C(=O)Nc2ccc(NC(=O)CN3CCCCC3)cc2)cn1. The van der Waals surface area contributed by atoms with Crippen molar-refractivity contribution in [2.24, 2.45) is 0 Å². The van der Waals surface area contributed by atoms with Gasteiger partial charge in [-0.05, 0) is 62.3 Å². The Kier molecular flexibility index (Phi) is 6.60. The van der Waals surface area contributed by atoms with Gasteiger partial charge in [0.05, 0.1) is 12.1 Å². The van der Waals surface area contributed by atoms with E-state index in [0.29, 0.717) is 17.8 Å². The van der Waals surface area contributed by atoms with Gasteiger partial charge in [0.15, 0.2) is 0 Å². The van der Waals surface area contributed by atoms with Crippen LogP contribution in [0.15, 0.2) is 42.6 Å². The molecule has 0 atom stereocenters. The third kappa shape index (κ3) is 5.53. The van der Waals surface area contributed by atoms with Crippen LogP contribution in [0.3, 0.4) is 0 Å². The highest BCUT2D eigenvalue weighted by Crippen LogP contribution is 2.16. The van der Waals surface area contributed by atoms with E-state index in [-0.39, 0.29) is 11.8 Å². The van der Waals surface area contributed by atoms with Crippen molar-refractivity contribution in [1.29, 1.82) is 0 Å².